The molecule has 2 N–H and O–H groups in total. The first-order valence-electron chi connectivity index (χ1n) is 7.49. The second-order valence-corrected chi connectivity index (χ2v) is 5.71. The highest BCUT2D eigenvalue weighted by atomic mass is 16.3. The van der Waals surface area contributed by atoms with Gasteiger partial charge >= 0.3 is 0 Å². The van der Waals surface area contributed by atoms with Crippen LogP contribution in [0.5, 0.6) is 11.5 Å². The van der Waals surface area contributed by atoms with Crippen molar-refractivity contribution in [3.8, 4) is 11.5 Å². The number of hydrogen-bond donors (Lipinski definition) is 2. The molecule has 1 aromatic rings. The molecule has 0 atom stereocenters. The maximum absolute atomic E-state index is 12.2. The van der Waals surface area contributed by atoms with Crippen LogP contribution in [0.4, 0.5) is 0 Å². The number of piperidine rings is 1. The number of likely N-dealkylation sites (N-methyl/N-ethyl adjacent to an activating group) is 1. The third kappa shape index (κ3) is 3.95. The average Bonchev–Trinajstić information content (AvgIpc) is 2.50. The third-order valence-electron chi connectivity index (χ3n) is 4.32. The summed E-state index contributed by atoms with van der Waals surface area (Å²) in [6.07, 6.45) is 2.16. The molecule has 0 saturated carbocycles. The zero-order valence-corrected chi connectivity index (χ0v) is 12.7. The second kappa shape index (κ2) is 6.91. The average molecular weight is 292 g/mol. The highest BCUT2D eigenvalue weighted by Gasteiger charge is 2.23. The molecule has 0 amide bonds. The fourth-order valence-electron chi connectivity index (χ4n) is 2.82. The highest BCUT2D eigenvalue weighted by Crippen LogP contribution is 2.25. The van der Waals surface area contributed by atoms with E-state index in [0.717, 1.165) is 32.5 Å². The van der Waals surface area contributed by atoms with Crippen LogP contribution >= 0.6 is 0 Å². The number of carbonyl (C=O) groups is 1. The summed E-state index contributed by atoms with van der Waals surface area (Å²) in [6.45, 7) is 5.76. The van der Waals surface area contributed by atoms with Gasteiger partial charge in [-0.2, -0.15) is 0 Å². The number of aromatic hydroxyl groups is 2. The first-order valence-corrected chi connectivity index (χ1v) is 7.49. The van der Waals surface area contributed by atoms with Gasteiger partial charge in [-0.25, -0.2) is 0 Å². The van der Waals surface area contributed by atoms with Gasteiger partial charge in [-0.15, -0.1) is 0 Å². The number of benzene rings is 1. The van der Waals surface area contributed by atoms with Crippen LogP contribution in [0.2, 0.25) is 0 Å². The van der Waals surface area contributed by atoms with Crippen molar-refractivity contribution in [2.75, 3.05) is 33.2 Å². The van der Waals surface area contributed by atoms with E-state index in [9.17, 15) is 15.0 Å². The van der Waals surface area contributed by atoms with E-state index in [2.05, 4.69) is 16.7 Å². The molecule has 1 aliphatic rings. The number of phenols is 2. The predicted molar refractivity (Wildman–Crippen MR) is 81.9 cm³/mol. The van der Waals surface area contributed by atoms with Crippen molar-refractivity contribution in [2.45, 2.75) is 25.8 Å². The van der Waals surface area contributed by atoms with Crippen LogP contribution < -0.4 is 0 Å². The van der Waals surface area contributed by atoms with E-state index in [4.69, 9.17) is 0 Å². The normalized spacial score (nSPS) is 17.3. The molecule has 0 bridgehead atoms. The molecule has 21 heavy (non-hydrogen) atoms. The summed E-state index contributed by atoms with van der Waals surface area (Å²) in [7, 11) is 1.98. The molecule has 0 aliphatic carbocycles. The van der Waals surface area contributed by atoms with Crippen molar-refractivity contribution in [1.82, 2.24) is 9.80 Å². The Morgan fingerprint density at radius 3 is 2.52 bits per heavy atom. The van der Waals surface area contributed by atoms with E-state index in [0.29, 0.717) is 18.2 Å². The maximum atomic E-state index is 12.2. The van der Waals surface area contributed by atoms with Gasteiger partial charge < -0.3 is 15.1 Å². The summed E-state index contributed by atoms with van der Waals surface area (Å²) in [4.78, 5) is 16.8. The van der Waals surface area contributed by atoms with Gasteiger partial charge in [0.2, 0.25) is 0 Å². The van der Waals surface area contributed by atoms with Crippen molar-refractivity contribution < 1.29 is 15.0 Å². The summed E-state index contributed by atoms with van der Waals surface area (Å²) in [5.74, 6) is -0.489. The van der Waals surface area contributed by atoms with Crippen LogP contribution in [-0.2, 0) is 0 Å². The first-order chi connectivity index (χ1) is 10.0. The Labute approximate surface area is 125 Å². The molecule has 0 spiro atoms. The number of rotatable bonds is 5. The smallest absolute Gasteiger partial charge is 0.176 e. The Hall–Kier alpha value is -1.59. The van der Waals surface area contributed by atoms with Gasteiger partial charge in [0.15, 0.2) is 17.3 Å². The number of likely N-dealkylation sites (tertiary alicyclic amines) is 1. The molecule has 1 aromatic carbocycles. The summed E-state index contributed by atoms with van der Waals surface area (Å²) in [6, 6.07) is 4.65. The molecule has 0 aromatic heterocycles. The Morgan fingerprint density at radius 2 is 1.95 bits per heavy atom. The van der Waals surface area contributed by atoms with E-state index in [1.54, 1.807) is 6.07 Å². The maximum Gasteiger partial charge on any atom is 0.176 e. The van der Waals surface area contributed by atoms with Crippen molar-refractivity contribution in [1.29, 1.82) is 0 Å². The van der Waals surface area contributed by atoms with E-state index in [-0.39, 0.29) is 17.3 Å². The van der Waals surface area contributed by atoms with Gasteiger partial charge in [0.05, 0.1) is 6.54 Å². The van der Waals surface area contributed by atoms with Crippen LogP contribution in [0.15, 0.2) is 18.2 Å². The van der Waals surface area contributed by atoms with Crippen molar-refractivity contribution in [2.24, 2.45) is 0 Å². The molecule has 0 radical (unpaired) electrons. The monoisotopic (exact) mass is 292 g/mol. The number of phenolic OH excluding ortho intramolecular Hbond substituents is 2. The molecule has 1 fully saturated rings. The standard InChI is InChI=1S/C16H24N2O3/c1-3-18-8-6-13(7-9-18)17(2)11-16(21)12-4-5-14(19)15(20)10-12/h4-5,10,13,19-20H,3,6-9,11H2,1-2H3. The van der Waals surface area contributed by atoms with Crippen molar-refractivity contribution in [3.05, 3.63) is 23.8 Å². The van der Waals surface area contributed by atoms with Gasteiger partial charge in [-0.05, 0) is 57.7 Å². The largest absolute Gasteiger partial charge is 0.504 e. The summed E-state index contributed by atoms with van der Waals surface area (Å²) < 4.78 is 0. The lowest BCUT2D eigenvalue weighted by atomic mass is 10.0. The minimum absolute atomic E-state index is 0.0364. The quantitative estimate of drug-likeness (QED) is 0.639. The Bertz CT molecular complexity index is 496. The van der Waals surface area contributed by atoms with E-state index in [1.807, 2.05) is 7.05 Å². The van der Waals surface area contributed by atoms with Crippen molar-refractivity contribution in [3.63, 3.8) is 0 Å². The highest BCUT2D eigenvalue weighted by molar-refractivity contribution is 5.98. The number of ketones is 1. The van der Waals surface area contributed by atoms with Crippen molar-refractivity contribution >= 4 is 5.78 Å². The number of Topliss-reactive ketones (excluding diaryl/α,β-unsaturated/α-hetero) is 1. The lowest BCUT2D eigenvalue weighted by Crippen LogP contribution is -2.44. The zero-order chi connectivity index (χ0) is 15.4. The molecule has 5 heteroatoms. The fraction of sp³-hybridized carbons (Fsp3) is 0.562. The topological polar surface area (TPSA) is 64.0 Å². The summed E-state index contributed by atoms with van der Waals surface area (Å²) in [5, 5.41) is 18.7. The molecule has 2 rings (SSSR count). The second-order valence-electron chi connectivity index (χ2n) is 5.71. The van der Waals surface area contributed by atoms with Gasteiger partial charge in [0.25, 0.3) is 0 Å². The Kier molecular flexibility index (Phi) is 5.20. The van der Waals surface area contributed by atoms with Gasteiger partial charge in [0, 0.05) is 11.6 Å². The van der Waals surface area contributed by atoms with Crippen LogP contribution in [0.3, 0.4) is 0 Å². The molecule has 116 valence electrons. The van der Waals surface area contributed by atoms with Crippen LogP contribution in [0.25, 0.3) is 0 Å². The van der Waals surface area contributed by atoms with Gasteiger partial charge in [0.1, 0.15) is 0 Å². The Balaban J connectivity index is 1.91. The molecule has 1 aliphatic heterocycles. The molecule has 1 heterocycles. The molecule has 5 nitrogen and oxygen atoms in total. The summed E-state index contributed by atoms with van der Waals surface area (Å²) >= 11 is 0. The SMILES string of the molecule is CCN1CCC(N(C)CC(=O)c2ccc(O)c(O)c2)CC1. The Morgan fingerprint density at radius 1 is 1.29 bits per heavy atom. The molecular formula is C16H24N2O3. The van der Waals surface area contributed by atoms with Gasteiger partial charge in [-0.1, -0.05) is 6.92 Å². The van der Waals surface area contributed by atoms with E-state index in [1.165, 1.54) is 12.1 Å². The van der Waals surface area contributed by atoms with Gasteiger partial charge in [-0.3, -0.25) is 9.69 Å². The van der Waals surface area contributed by atoms with Crippen LogP contribution in [0, 0.1) is 0 Å². The predicted octanol–water partition coefficient (Wildman–Crippen LogP) is 1.70. The van der Waals surface area contributed by atoms with E-state index < -0.39 is 0 Å². The minimum Gasteiger partial charge on any atom is -0.504 e. The molecule has 0 unspecified atom stereocenters. The lowest BCUT2D eigenvalue weighted by Gasteiger charge is -2.36. The third-order valence-corrected chi connectivity index (χ3v) is 4.32. The fourth-order valence-corrected chi connectivity index (χ4v) is 2.82. The number of nitrogens with zero attached hydrogens (tertiary/aromatic N) is 2. The molecular weight excluding hydrogens is 268 g/mol. The lowest BCUT2D eigenvalue weighted by molar-refractivity contribution is 0.0858. The van der Waals surface area contributed by atoms with Crippen LogP contribution in [-0.4, -0.2) is 65.1 Å². The van der Waals surface area contributed by atoms with E-state index >= 15 is 0 Å². The number of hydrogen-bond acceptors (Lipinski definition) is 5. The first kappa shape index (κ1) is 15.8. The number of carbonyl (C=O) groups excluding carboxylic acids is 1. The summed E-state index contributed by atoms with van der Waals surface area (Å²) in [5.41, 5.74) is 0.433. The van der Waals surface area contributed by atoms with Crippen LogP contribution in [0.1, 0.15) is 30.1 Å². The molecule has 1 saturated heterocycles. The minimum atomic E-state index is -0.250. The zero-order valence-electron chi connectivity index (χ0n) is 12.7.